The Labute approximate surface area is 81.3 Å². The summed E-state index contributed by atoms with van der Waals surface area (Å²) in [6.45, 7) is 3.50. The molecule has 0 unspecified atom stereocenters. The van der Waals surface area contributed by atoms with Crippen molar-refractivity contribution in [1.82, 2.24) is 0 Å². The minimum atomic E-state index is -1.18. The van der Waals surface area contributed by atoms with E-state index < -0.39 is 12.0 Å². The number of nitrogens with two attached hydrogens (primary N) is 1. The highest BCUT2D eigenvalue weighted by Gasteiger charge is 2.11. The molecule has 0 aromatic heterocycles. The minimum Gasteiger partial charge on any atom is -0.507 e. The summed E-state index contributed by atoms with van der Waals surface area (Å²) >= 11 is 0. The fourth-order valence-corrected chi connectivity index (χ4v) is 1.07. The van der Waals surface area contributed by atoms with E-state index in [0.717, 1.165) is 0 Å². The SMILES string of the molecule is C=C[C@@H](N)c1ccc(O)c(C(=O)O)c1. The second-order valence-electron chi connectivity index (χ2n) is 2.84. The van der Waals surface area contributed by atoms with Crippen LogP contribution in [0.1, 0.15) is 22.0 Å². The predicted molar refractivity (Wildman–Crippen MR) is 52.2 cm³/mol. The summed E-state index contributed by atoms with van der Waals surface area (Å²) in [6, 6.07) is 3.79. The Kier molecular flexibility index (Phi) is 2.89. The predicted octanol–water partition coefficient (Wildman–Crippen LogP) is 1.28. The molecule has 0 saturated heterocycles. The van der Waals surface area contributed by atoms with Gasteiger partial charge in [0.15, 0.2) is 0 Å². The van der Waals surface area contributed by atoms with Gasteiger partial charge in [0.2, 0.25) is 0 Å². The van der Waals surface area contributed by atoms with E-state index in [1.807, 2.05) is 0 Å². The number of aromatic hydroxyl groups is 1. The summed E-state index contributed by atoms with van der Waals surface area (Å²) in [5, 5.41) is 17.9. The Morgan fingerprint density at radius 2 is 2.21 bits per heavy atom. The van der Waals surface area contributed by atoms with Crippen LogP contribution >= 0.6 is 0 Å². The van der Waals surface area contributed by atoms with Gasteiger partial charge in [0.1, 0.15) is 11.3 Å². The van der Waals surface area contributed by atoms with E-state index in [1.54, 1.807) is 6.07 Å². The number of aromatic carboxylic acids is 1. The first-order valence-corrected chi connectivity index (χ1v) is 4.00. The maximum atomic E-state index is 10.7. The average molecular weight is 193 g/mol. The van der Waals surface area contributed by atoms with Gasteiger partial charge in [0.05, 0.1) is 0 Å². The maximum absolute atomic E-state index is 10.7. The smallest absolute Gasteiger partial charge is 0.339 e. The van der Waals surface area contributed by atoms with Crippen molar-refractivity contribution in [3.8, 4) is 5.75 Å². The second-order valence-corrected chi connectivity index (χ2v) is 2.84. The van der Waals surface area contributed by atoms with Crippen LogP contribution in [0.4, 0.5) is 0 Å². The first-order valence-electron chi connectivity index (χ1n) is 4.00. The largest absolute Gasteiger partial charge is 0.507 e. The van der Waals surface area contributed by atoms with Crippen LogP contribution in [0, 0.1) is 0 Å². The molecule has 0 heterocycles. The van der Waals surface area contributed by atoms with E-state index in [0.29, 0.717) is 5.56 Å². The molecule has 1 atom stereocenters. The molecule has 0 spiro atoms. The number of hydrogen-bond donors (Lipinski definition) is 3. The summed E-state index contributed by atoms with van der Waals surface area (Å²) in [7, 11) is 0. The van der Waals surface area contributed by atoms with E-state index in [-0.39, 0.29) is 11.3 Å². The monoisotopic (exact) mass is 193 g/mol. The standard InChI is InChI=1S/C10H11NO3/c1-2-8(11)6-3-4-9(12)7(5-6)10(13)14/h2-5,8,12H,1,11H2,(H,13,14)/t8-/m1/s1. The summed E-state index contributed by atoms with van der Waals surface area (Å²) < 4.78 is 0. The number of rotatable bonds is 3. The van der Waals surface area contributed by atoms with Crippen molar-refractivity contribution in [3.63, 3.8) is 0 Å². The highest BCUT2D eigenvalue weighted by atomic mass is 16.4. The molecule has 4 N–H and O–H groups in total. The summed E-state index contributed by atoms with van der Waals surface area (Å²) in [5.74, 6) is -1.45. The topological polar surface area (TPSA) is 83.5 Å². The van der Waals surface area contributed by atoms with Gasteiger partial charge >= 0.3 is 5.97 Å². The quantitative estimate of drug-likeness (QED) is 0.631. The molecule has 0 fully saturated rings. The normalized spacial score (nSPS) is 12.1. The van der Waals surface area contributed by atoms with E-state index >= 15 is 0 Å². The first kappa shape index (κ1) is 10.3. The van der Waals surface area contributed by atoms with Crippen molar-refractivity contribution in [2.24, 2.45) is 5.73 Å². The molecule has 4 heteroatoms. The van der Waals surface area contributed by atoms with E-state index in [9.17, 15) is 9.90 Å². The van der Waals surface area contributed by atoms with Gasteiger partial charge in [-0.3, -0.25) is 0 Å². The van der Waals surface area contributed by atoms with E-state index in [1.165, 1.54) is 18.2 Å². The van der Waals surface area contributed by atoms with Crippen LogP contribution in [-0.4, -0.2) is 16.2 Å². The van der Waals surface area contributed by atoms with Gasteiger partial charge in [-0.25, -0.2) is 4.79 Å². The Morgan fingerprint density at radius 1 is 1.57 bits per heavy atom. The lowest BCUT2D eigenvalue weighted by Gasteiger charge is -2.08. The molecular formula is C10H11NO3. The van der Waals surface area contributed by atoms with Crippen LogP contribution in [0.3, 0.4) is 0 Å². The summed E-state index contributed by atoms with van der Waals surface area (Å²) in [6.07, 6.45) is 1.50. The Balaban J connectivity index is 3.19. The fraction of sp³-hybridized carbons (Fsp3) is 0.100. The molecule has 0 saturated carbocycles. The lowest BCUT2D eigenvalue weighted by Crippen LogP contribution is -2.08. The van der Waals surface area contributed by atoms with Crippen LogP contribution in [0.15, 0.2) is 30.9 Å². The Morgan fingerprint density at radius 3 is 2.71 bits per heavy atom. The van der Waals surface area contributed by atoms with Gasteiger partial charge in [-0.2, -0.15) is 0 Å². The van der Waals surface area contributed by atoms with Crippen LogP contribution in [0.25, 0.3) is 0 Å². The molecule has 4 nitrogen and oxygen atoms in total. The van der Waals surface area contributed by atoms with Crippen LogP contribution in [0.5, 0.6) is 5.75 Å². The Bertz CT molecular complexity index is 374. The molecular weight excluding hydrogens is 182 g/mol. The van der Waals surface area contributed by atoms with Gasteiger partial charge in [0.25, 0.3) is 0 Å². The number of hydrogen-bond acceptors (Lipinski definition) is 3. The lowest BCUT2D eigenvalue weighted by molar-refractivity contribution is 0.0693. The highest BCUT2D eigenvalue weighted by molar-refractivity contribution is 5.90. The first-order chi connectivity index (χ1) is 6.56. The zero-order valence-corrected chi connectivity index (χ0v) is 7.47. The third-order valence-corrected chi connectivity index (χ3v) is 1.89. The molecule has 0 aliphatic heterocycles. The number of carbonyl (C=O) groups is 1. The van der Waals surface area contributed by atoms with E-state index in [2.05, 4.69) is 6.58 Å². The zero-order chi connectivity index (χ0) is 10.7. The van der Waals surface area contributed by atoms with Crippen molar-refractivity contribution >= 4 is 5.97 Å². The number of phenols is 1. The van der Waals surface area contributed by atoms with E-state index in [4.69, 9.17) is 10.8 Å². The third-order valence-electron chi connectivity index (χ3n) is 1.89. The number of carboxylic acids is 1. The van der Waals surface area contributed by atoms with Crippen molar-refractivity contribution in [2.75, 3.05) is 0 Å². The van der Waals surface area contributed by atoms with Gasteiger partial charge in [-0.15, -0.1) is 6.58 Å². The molecule has 1 rings (SSSR count). The summed E-state index contributed by atoms with van der Waals surface area (Å²) in [5.41, 5.74) is 6.07. The van der Waals surface area contributed by atoms with Crippen LogP contribution in [0.2, 0.25) is 0 Å². The molecule has 1 aromatic carbocycles. The molecule has 0 amide bonds. The molecule has 14 heavy (non-hydrogen) atoms. The minimum absolute atomic E-state index is 0.153. The maximum Gasteiger partial charge on any atom is 0.339 e. The number of carboxylic acid groups (broad SMARTS) is 1. The molecule has 0 aliphatic carbocycles. The van der Waals surface area contributed by atoms with Gasteiger partial charge < -0.3 is 15.9 Å². The van der Waals surface area contributed by atoms with Gasteiger partial charge in [-0.05, 0) is 17.7 Å². The van der Waals surface area contributed by atoms with Crippen molar-refractivity contribution < 1.29 is 15.0 Å². The van der Waals surface area contributed by atoms with Gasteiger partial charge in [0, 0.05) is 6.04 Å². The molecule has 74 valence electrons. The molecule has 1 aromatic rings. The van der Waals surface area contributed by atoms with Crippen LogP contribution in [-0.2, 0) is 0 Å². The highest BCUT2D eigenvalue weighted by Crippen LogP contribution is 2.21. The third kappa shape index (κ3) is 1.92. The van der Waals surface area contributed by atoms with Crippen molar-refractivity contribution in [1.29, 1.82) is 0 Å². The molecule has 0 radical (unpaired) electrons. The molecule has 0 bridgehead atoms. The average Bonchev–Trinajstić information content (AvgIpc) is 2.17. The van der Waals surface area contributed by atoms with Gasteiger partial charge in [-0.1, -0.05) is 12.1 Å². The lowest BCUT2D eigenvalue weighted by atomic mass is 10.0. The second kappa shape index (κ2) is 3.93. The fourth-order valence-electron chi connectivity index (χ4n) is 1.07. The number of benzene rings is 1. The van der Waals surface area contributed by atoms with Crippen LogP contribution < -0.4 is 5.73 Å². The van der Waals surface area contributed by atoms with Crippen molar-refractivity contribution in [3.05, 3.63) is 42.0 Å². The van der Waals surface area contributed by atoms with Crippen molar-refractivity contribution in [2.45, 2.75) is 6.04 Å². The molecule has 0 aliphatic rings. The summed E-state index contributed by atoms with van der Waals surface area (Å²) in [4.78, 5) is 10.7. The zero-order valence-electron chi connectivity index (χ0n) is 7.47. The Hall–Kier alpha value is -1.81.